The molecule has 0 atom stereocenters. The van der Waals surface area contributed by atoms with Crippen LogP contribution >= 0.6 is 34.4 Å². The molecule has 0 aliphatic carbocycles. The number of nitrogens with two attached hydrogens (primary N) is 1. The normalized spacial score (nSPS) is 10.8. The van der Waals surface area contributed by atoms with Gasteiger partial charge in [0.1, 0.15) is 21.2 Å². The van der Waals surface area contributed by atoms with Crippen LogP contribution in [0.25, 0.3) is 10.2 Å². The van der Waals surface area contributed by atoms with Gasteiger partial charge in [-0.05, 0) is 18.4 Å². The van der Waals surface area contributed by atoms with Gasteiger partial charge in [-0.2, -0.15) is 0 Å². The van der Waals surface area contributed by atoms with Crippen molar-refractivity contribution in [2.24, 2.45) is 0 Å². The maximum absolute atomic E-state index is 12.3. The lowest BCUT2D eigenvalue weighted by atomic mass is 10.1. The summed E-state index contributed by atoms with van der Waals surface area (Å²) in [5.41, 5.74) is 6.84. The highest BCUT2D eigenvalue weighted by atomic mass is 32.2. The smallest absolute Gasteiger partial charge is 0.341 e. The Kier molecular flexibility index (Phi) is 5.74. The van der Waals surface area contributed by atoms with Crippen LogP contribution in [0.4, 0.5) is 5.00 Å². The zero-order valence-corrected chi connectivity index (χ0v) is 16.5. The monoisotopic (exact) mass is 408 g/mol. The molecule has 0 bridgehead atoms. The Bertz CT molecular complexity index is 967. The number of rotatable bonds is 6. The van der Waals surface area contributed by atoms with E-state index in [2.05, 4.69) is 15.3 Å². The van der Waals surface area contributed by atoms with Crippen LogP contribution < -0.4 is 11.1 Å². The highest BCUT2D eigenvalue weighted by Gasteiger charge is 2.26. The fraction of sp³-hybridized carbons (Fsp3) is 0.250. The highest BCUT2D eigenvalue weighted by Crippen LogP contribution is 2.37. The number of ether oxygens (including phenoxy) is 1. The first-order valence-corrected chi connectivity index (χ1v) is 10.4. The van der Waals surface area contributed by atoms with Crippen molar-refractivity contribution in [3.63, 3.8) is 0 Å². The van der Waals surface area contributed by atoms with E-state index in [1.807, 2.05) is 11.4 Å². The van der Waals surface area contributed by atoms with Gasteiger partial charge in [0.25, 0.3) is 5.91 Å². The molecule has 1 amide bonds. The molecule has 0 fully saturated rings. The Labute approximate surface area is 162 Å². The summed E-state index contributed by atoms with van der Waals surface area (Å²) in [6.45, 7) is 1.96. The summed E-state index contributed by atoms with van der Waals surface area (Å²) in [6, 6.07) is 1.95. The number of hydrogen-bond acceptors (Lipinski definition) is 9. The van der Waals surface area contributed by atoms with Gasteiger partial charge in [0.15, 0.2) is 0 Å². The molecule has 3 aromatic rings. The third-order valence-electron chi connectivity index (χ3n) is 3.53. The van der Waals surface area contributed by atoms with E-state index in [4.69, 9.17) is 10.5 Å². The lowest BCUT2D eigenvalue weighted by molar-refractivity contribution is 0.0527. The average molecular weight is 409 g/mol. The summed E-state index contributed by atoms with van der Waals surface area (Å²) in [7, 11) is 1.54. The second-order valence-corrected chi connectivity index (χ2v) is 7.97. The number of hydrogen-bond donors (Lipinski definition) is 2. The number of thioether (sulfide) groups is 1. The molecule has 26 heavy (non-hydrogen) atoms. The van der Waals surface area contributed by atoms with Crippen molar-refractivity contribution < 1.29 is 14.3 Å². The minimum Gasteiger partial charge on any atom is -0.462 e. The summed E-state index contributed by atoms with van der Waals surface area (Å²) < 4.78 is 5.11. The average Bonchev–Trinajstić information content (AvgIpc) is 3.23. The number of esters is 1. The highest BCUT2D eigenvalue weighted by molar-refractivity contribution is 7.98. The molecule has 3 heterocycles. The Balaban J connectivity index is 1.98. The lowest BCUT2D eigenvalue weighted by Crippen LogP contribution is -2.18. The number of nitrogens with zero attached hydrogens (tertiary/aromatic N) is 2. The van der Waals surface area contributed by atoms with Gasteiger partial charge in [0.05, 0.1) is 17.0 Å². The van der Waals surface area contributed by atoms with E-state index in [1.54, 1.807) is 14.0 Å². The predicted molar refractivity (Wildman–Crippen MR) is 105 cm³/mol. The molecule has 0 saturated carbocycles. The summed E-state index contributed by atoms with van der Waals surface area (Å²) >= 11 is 4.05. The summed E-state index contributed by atoms with van der Waals surface area (Å²) in [6.07, 6.45) is 1.51. The van der Waals surface area contributed by atoms with Crippen LogP contribution in [-0.2, 0) is 10.5 Å². The number of amides is 1. The molecule has 0 aliphatic heterocycles. The minimum absolute atomic E-state index is 0.234. The molecule has 3 aromatic heterocycles. The maximum atomic E-state index is 12.3. The van der Waals surface area contributed by atoms with Crippen LogP contribution in [0.2, 0.25) is 0 Å². The number of anilines is 1. The van der Waals surface area contributed by atoms with Crippen molar-refractivity contribution in [3.8, 4) is 0 Å². The van der Waals surface area contributed by atoms with E-state index < -0.39 is 5.97 Å². The number of nitrogens with one attached hydrogen (secondary N) is 1. The molecule has 0 saturated heterocycles. The van der Waals surface area contributed by atoms with Crippen molar-refractivity contribution in [3.05, 3.63) is 33.8 Å². The van der Waals surface area contributed by atoms with Crippen molar-refractivity contribution in [2.75, 3.05) is 19.4 Å². The molecule has 0 unspecified atom stereocenters. The second kappa shape index (κ2) is 8.02. The van der Waals surface area contributed by atoms with Gasteiger partial charge in [-0.25, -0.2) is 14.8 Å². The first-order valence-electron chi connectivity index (χ1n) is 7.68. The van der Waals surface area contributed by atoms with Crippen LogP contribution in [0.15, 0.2) is 22.8 Å². The number of aromatic nitrogens is 2. The van der Waals surface area contributed by atoms with E-state index in [9.17, 15) is 9.59 Å². The largest absolute Gasteiger partial charge is 0.462 e. The first kappa shape index (κ1) is 18.6. The van der Waals surface area contributed by atoms with Gasteiger partial charge >= 0.3 is 5.97 Å². The number of thiophene rings is 2. The zero-order chi connectivity index (χ0) is 18.7. The fourth-order valence-electron chi connectivity index (χ4n) is 2.37. The molecular weight excluding hydrogens is 392 g/mol. The number of nitrogen functional groups attached to an aromatic ring is 1. The van der Waals surface area contributed by atoms with Crippen LogP contribution in [0.1, 0.15) is 32.5 Å². The third-order valence-corrected chi connectivity index (χ3v) is 6.44. The van der Waals surface area contributed by atoms with Crippen molar-refractivity contribution in [1.82, 2.24) is 15.3 Å². The zero-order valence-electron chi connectivity index (χ0n) is 14.1. The van der Waals surface area contributed by atoms with E-state index >= 15 is 0 Å². The lowest BCUT2D eigenvalue weighted by Gasteiger charge is -2.07. The SMILES string of the molecule is CCOC(=O)c1c(N)sc(C(=O)NC)c1CSc1ncnc2sccc12. The quantitative estimate of drug-likeness (QED) is 0.366. The Morgan fingerprint density at radius 3 is 2.92 bits per heavy atom. The fourth-order valence-corrected chi connectivity index (χ4v) is 5.29. The molecule has 0 radical (unpaired) electrons. The van der Waals surface area contributed by atoms with E-state index in [0.717, 1.165) is 26.6 Å². The van der Waals surface area contributed by atoms with Crippen LogP contribution in [0.3, 0.4) is 0 Å². The molecule has 0 aromatic carbocycles. The summed E-state index contributed by atoms with van der Waals surface area (Å²) in [5, 5.41) is 6.56. The molecular formula is C16H16N4O3S3. The molecule has 10 heteroatoms. The van der Waals surface area contributed by atoms with Gasteiger partial charge in [-0.15, -0.1) is 34.4 Å². The van der Waals surface area contributed by atoms with E-state index in [-0.39, 0.29) is 23.1 Å². The molecule has 0 spiro atoms. The number of carbonyl (C=O) groups is 2. The van der Waals surface area contributed by atoms with Crippen LogP contribution in [-0.4, -0.2) is 35.5 Å². The molecule has 136 valence electrons. The first-order chi connectivity index (χ1) is 12.6. The maximum Gasteiger partial charge on any atom is 0.341 e. The van der Waals surface area contributed by atoms with Crippen molar-refractivity contribution in [2.45, 2.75) is 17.7 Å². The van der Waals surface area contributed by atoms with Crippen molar-refractivity contribution in [1.29, 1.82) is 0 Å². The van der Waals surface area contributed by atoms with Gasteiger partial charge < -0.3 is 15.8 Å². The Morgan fingerprint density at radius 1 is 1.38 bits per heavy atom. The summed E-state index contributed by atoms with van der Waals surface area (Å²) in [4.78, 5) is 34.4. The number of fused-ring (bicyclic) bond motifs is 1. The molecule has 7 nitrogen and oxygen atoms in total. The van der Waals surface area contributed by atoms with Gasteiger partial charge in [0, 0.05) is 23.8 Å². The standard InChI is InChI=1S/C16H16N4O3S3/c1-3-23-16(22)10-9(11(13(21)18-2)26-12(10)17)6-25-15-8-4-5-24-14(8)19-7-20-15/h4-5,7H,3,6,17H2,1-2H3,(H,18,21). The molecule has 3 N–H and O–H groups in total. The van der Waals surface area contributed by atoms with Crippen LogP contribution in [0, 0.1) is 0 Å². The Hall–Kier alpha value is -2.17. The van der Waals surface area contributed by atoms with Gasteiger partial charge in [0.2, 0.25) is 0 Å². The third kappa shape index (κ3) is 3.53. The summed E-state index contributed by atoms with van der Waals surface area (Å²) in [5.74, 6) is -0.432. The predicted octanol–water partition coefficient (Wildman–Crippen LogP) is 3.16. The van der Waals surface area contributed by atoms with Crippen molar-refractivity contribution >= 4 is 61.5 Å². The molecule has 3 rings (SSSR count). The van der Waals surface area contributed by atoms with Gasteiger partial charge in [-0.3, -0.25) is 4.79 Å². The van der Waals surface area contributed by atoms with E-state index in [0.29, 0.717) is 16.2 Å². The van der Waals surface area contributed by atoms with Crippen LogP contribution in [0.5, 0.6) is 0 Å². The molecule has 0 aliphatic rings. The second-order valence-electron chi connectivity index (χ2n) is 5.06. The van der Waals surface area contributed by atoms with E-state index in [1.165, 1.54) is 29.4 Å². The minimum atomic E-state index is -0.518. The number of carbonyl (C=O) groups excluding carboxylic acids is 2. The topological polar surface area (TPSA) is 107 Å². The Morgan fingerprint density at radius 2 is 2.19 bits per heavy atom. The van der Waals surface area contributed by atoms with Gasteiger partial charge in [-0.1, -0.05) is 0 Å².